The van der Waals surface area contributed by atoms with Gasteiger partial charge in [0.1, 0.15) is 0 Å². The molecule has 0 saturated heterocycles. The van der Waals surface area contributed by atoms with Crippen molar-refractivity contribution in [1.29, 1.82) is 0 Å². The van der Waals surface area contributed by atoms with Crippen molar-refractivity contribution in [2.75, 3.05) is 0 Å². The lowest BCUT2D eigenvalue weighted by Gasteiger charge is -1.99. The maximum absolute atomic E-state index is 3.70. The Morgan fingerprint density at radius 2 is 1.28 bits per heavy atom. The van der Waals surface area contributed by atoms with Gasteiger partial charge < -0.3 is 0 Å². The van der Waals surface area contributed by atoms with Crippen LogP contribution in [0.4, 0.5) is 0 Å². The standard InChI is InChI=1S/C12H26.C4H6N2/c1-3-5-7-9-11-12-10-8-6-4-2;1-4-2-3-5-6-4/h3-12H2,1-2H3;2-3H,1H3,(H,5,6). The van der Waals surface area contributed by atoms with Gasteiger partial charge in [-0.1, -0.05) is 78.1 Å². The highest BCUT2D eigenvalue weighted by atomic mass is 15.1. The predicted octanol–water partition coefficient (Wildman–Crippen LogP) is 5.65. The van der Waals surface area contributed by atoms with Gasteiger partial charge in [0.2, 0.25) is 0 Å². The number of aromatic nitrogens is 2. The molecule has 0 saturated carbocycles. The van der Waals surface area contributed by atoms with E-state index in [0.29, 0.717) is 0 Å². The number of nitrogens with one attached hydrogen (secondary N) is 1. The lowest BCUT2D eigenvalue weighted by molar-refractivity contribution is 0.562. The number of unbranched alkanes of at least 4 members (excludes halogenated alkanes) is 9. The van der Waals surface area contributed by atoms with Crippen LogP contribution in [0.25, 0.3) is 0 Å². The number of aryl methyl sites for hydroxylation is 1. The first-order valence-corrected chi connectivity index (χ1v) is 7.77. The van der Waals surface area contributed by atoms with Gasteiger partial charge in [0.05, 0.1) is 0 Å². The molecule has 1 N–H and O–H groups in total. The van der Waals surface area contributed by atoms with E-state index < -0.39 is 0 Å². The second-order valence-corrected chi connectivity index (χ2v) is 5.07. The summed E-state index contributed by atoms with van der Waals surface area (Å²) in [6, 6.07) is 1.92. The largest absolute Gasteiger partial charge is 0.283 e. The van der Waals surface area contributed by atoms with Gasteiger partial charge in [-0.15, -0.1) is 0 Å². The molecule has 106 valence electrons. The van der Waals surface area contributed by atoms with Crippen LogP contribution in [-0.4, -0.2) is 10.2 Å². The van der Waals surface area contributed by atoms with E-state index in [0.717, 1.165) is 5.69 Å². The molecular weight excluding hydrogens is 220 g/mol. The molecule has 18 heavy (non-hydrogen) atoms. The lowest BCUT2D eigenvalue weighted by Crippen LogP contribution is -1.80. The molecule has 1 aromatic rings. The molecule has 2 heteroatoms. The molecule has 0 aliphatic carbocycles. The third-order valence-electron chi connectivity index (χ3n) is 3.10. The Hall–Kier alpha value is -0.790. The molecule has 0 radical (unpaired) electrons. The van der Waals surface area contributed by atoms with Crippen LogP contribution in [0.1, 0.15) is 83.7 Å². The molecule has 1 heterocycles. The van der Waals surface area contributed by atoms with Gasteiger partial charge >= 0.3 is 0 Å². The van der Waals surface area contributed by atoms with Gasteiger partial charge in [-0.05, 0) is 13.0 Å². The highest BCUT2D eigenvalue weighted by Gasteiger charge is 1.90. The van der Waals surface area contributed by atoms with Crippen LogP contribution >= 0.6 is 0 Å². The van der Waals surface area contributed by atoms with Gasteiger partial charge in [0.25, 0.3) is 0 Å². The topological polar surface area (TPSA) is 28.7 Å². The third-order valence-corrected chi connectivity index (χ3v) is 3.10. The fourth-order valence-corrected chi connectivity index (χ4v) is 1.89. The van der Waals surface area contributed by atoms with Crippen molar-refractivity contribution in [3.63, 3.8) is 0 Å². The molecule has 0 bridgehead atoms. The molecule has 0 amide bonds. The van der Waals surface area contributed by atoms with Crippen LogP contribution < -0.4 is 0 Å². The smallest absolute Gasteiger partial charge is 0.0489 e. The van der Waals surface area contributed by atoms with E-state index in [1.54, 1.807) is 6.20 Å². The highest BCUT2D eigenvalue weighted by Crippen LogP contribution is 2.09. The lowest BCUT2D eigenvalue weighted by atomic mass is 10.1. The SMILES string of the molecule is CCCCCCCCCCCC.Cc1ccn[nH]1. The molecule has 0 atom stereocenters. The third kappa shape index (κ3) is 13.3. The zero-order valence-corrected chi connectivity index (χ0v) is 12.7. The van der Waals surface area contributed by atoms with Crippen LogP contribution in [0, 0.1) is 6.92 Å². The Labute approximate surface area is 114 Å². The second-order valence-electron chi connectivity index (χ2n) is 5.07. The van der Waals surface area contributed by atoms with E-state index in [-0.39, 0.29) is 0 Å². The summed E-state index contributed by atoms with van der Waals surface area (Å²) < 4.78 is 0. The number of aromatic amines is 1. The van der Waals surface area contributed by atoms with Gasteiger partial charge in [-0.3, -0.25) is 5.10 Å². The van der Waals surface area contributed by atoms with Crippen molar-refractivity contribution in [3.8, 4) is 0 Å². The van der Waals surface area contributed by atoms with Gasteiger partial charge in [-0.25, -0.2) is 0 Å². The van der Waals surface area contributed by atoms with Crippen molar-refractivity contribution >= 4 is 0 Å². The van der Waals surface area contributed by atoms with Crippen molar-refractivity contribution in [3.05, 3.63) is 18.0 Å². The fourth-order valence-electron chi connectivity index (χ4n) is 1.89. The maximum Gasteiger partial charge on any atom is 0.0489 e. The number of H-pyrrole nitrogens is 1. The molecule has 0 aromatic carbocycles. The summed E-state index contributed by atoms with van der Waals surface area (Å²) in [5, 5.41) is 6.45. The summed E-state index contributed by atoms with van der Waals surface area (Å²) >= 11 is 0. The fraction of sp³-hybridized carbons (Fsp3) is 0.812. The average Bonchev–Trinajstić information content (AvgIpc) is 2.85. The number of nitrogens with zero attached hydrogens (tertiary/aromatic N) is 1. The molecule has 0 aliphatic heterocycles. The van der Waals surface area contributed by atoms with Crippen LogP contribution in [-0.2, 0) is 0 Å². The summed E-state index contributed by atoms with van der Waals surface area (Å²) in [6.45, 7) is 6.52. The van der Waals surface area contributed by atoms with Crippen LogP contribution in [0.15, 0.2) is 12.3 Å². The number of hydrogen-bond acceptors (Lipinski definition) is 1. The second kappa shape index (κ2) is 14.3. The Morgan fingerprint density at radius 1 is 0.833 bits per heavy atom. The first-order chi connectivity index (χ1) is 8.81. The van der Waals surface area contributed by atoms with E-state index in [1.807, 2.05) is 13.0 Å². The molecular formula is C16H32N2. The summed E-state index contributed by atoms with van der Waals surface area (Å²) in [4.78, 5) is 0. The molecule has 0 fully saturated rings. The van der Waals surface area contributed by atoms with Crippen molar-refractivity contribution in [2.24, 2.45) is 0 Å². The van der Waals surface area contributed by atoms with Gasteiger partial charge in [-0.2, -0.15) is 5.10 Å². The maximum atomic E-state index is 3.70. The van der Waals surface area contributed by atoms with E-state index in [9.17, 15) is 0 Å². The predicted molar refractivity (Wildman–Crippen MR) is 80.8 cm³/mol. The normalized spacial score (nSPS) is 9.94. The first kappa shape index (κ1) is 17.2. The van der Waals surface area contributed by atoms with E-state index in [1.165, 1.54) is 64.2 Å². The zero-order chi connectivity index (χ0) is 13.5. The first-order valence-electron chi connectivity index (χ1n) is 7.77. The Balaban J connectivity index is 0.000000397. The molecule has 0 unspecified atom stereocenters. The summed E-state index contributed by atoms with van der Waals surface area (Å²) in [7, 11) is 0. The van der Waals surface area contributed by atoms with E-state index >= 15 is 0 Å². The highest BCUT2D eigenvalue weighted by molar-refractivity contribution is 4.91. The molecule has 0 aliphatic rings. The van der Waals surface area contributed by atoms with Gasteiger partial charge in [0, 0.05) is 11.9 Å². The van der Waals surface area contributed by atoms with Gasteiger partial charge in [0.15, 0.2) is 0 Å². The minimum absolute atomic E-state index is 1.11. The van der Waals surface area contributed by atoms with Crippen LogP contribution in [0.2, 0.25) is 0 Å². The van der Waals surface area contributed by atoms with E-state index in [2.05, 4.69) is 24.0 Å². The average molecular weight is 252 g/mol. The zero-order valence-electron chi connectivity index (χ0n) is 12.7. The van der Waals surface area contributed by atoms with Crippen LogP contribution in [0.3, 0.4) is 0 Å². The number of hydrogen-bond donors (Lipinski definition) is 1. The summed E-state index contributed by atoms with van der Waals surface area (Å²) in [5.74, 6) is 0. The Kier molecular flexibility index (Phi) is 13.6. The number of rotatable bonds is 9. The molecule has 1 aromatic heterocycles. The Morgan fingerprint density at radius 3 is 1.50 bits per heavy atom. The molecule has 1 rings (SSSR count). The summed E-state index contributed by atoms with van der Waals surface area (Å²) in [5.41, 5.74) is 1.11. The van der Waals surface area contributed by atoms with Crippen molar-refractivity contribution in [2.45, 2.75) is 85.0 Å². The minimum Gasteiger partial charge on any atom is -0.283 e. The van der Waals surface area contributed by atoms with E-state index in [4.69, 9.17) is 0 Å². The minimum atomic E-state index is 1.11. The monoisotopic (exact) mass is 252 g/mol. The Bertz CT molecular complexity index is 219. The van der Waals surface area contributed by atoms with Crippen molar-refractivity contribution < 1.29 is 0 Å². The quantitative estimate of drug-likeness (QED) is 0.566. The van der Waals surface area contributed by atoms with Crippen LogP contribution in [0.5, 0.6) is 0 Å². The molecule has 2 nitrogen and oxygen atoms in total. The van der Waals surface area contributed by atoms with Crippen molar-refractivity contribution in [1.82, 2.24) is 10.2 Å². The summed E-state index contributed by atoms with van der Waals surface area (Å²) in [6.07, 6.45) is 16.2. The molecule has 0 spiro atoms.